The largest absolute Gasteiger partial charge is 0.289 e. The van der Waals surface area contributed by atoms with E-state index in [-0.39, 0.29) is 0 Å². The maximum atomic E-state index is 9.26. The molecule has 0 aliphatic carbocycles. The molecule has 2 nitrogen and oxygen atoms in total. The van der Waals surface area contributed by atoms with Crippen LogP contribution in [0.15, 0.2) is 18.2 Å². The van der Waals surface area contributed by atoms with Crippen LogP contribution in [0.3, 0.4) is 0 Å². The van der Waals surface area contributed by atoms with Gasteiger partial charge in [-0.25, -0.2) is 0 Å². The minimum absolute atomic E-state index is 0.892. The maximum absolute atomic E-state index is 9.26. The first kappa shape index (κ1) is 9.07. The van der Waals surface area contributed by atoms with Crippen LogP contribution in [0.5, 0.6) is 0 Å². The van der Waals surface area contributed by atoms with Crippen molar-refractivity contribution in [2.45, 2.75) is 20.3 Å². The third kappa shape index (κ3) is 1.77. The summed E-state index contributed by atoms with van der Waals surface area (Å²) < 4.78 is 0. The molecule has 0 fully saturated rings. The Labute approximate surface area is 73.4 Å². The molecule has 0 spiro atoms. The molecule has 1 rings (SSSR count). The van der Waals surface area contributed by atoms with Gasteiger partial charge in [-0.3, -0.25) is 10.3 Å². The molecule has 12 heavy (non-hydrogen) atoms. The lowest BCUT2D eigenvalue weighted by Crippen LogP contribution is -2.12. The summed E-state index contributed by atoms with van der Waals surface area (Å²) in [5.74, 6) is 0. The summed E-state index contributed by atoms with van der Waals surface area (Å²) in [6.45, 7) is 4.14. The van der Waals surface area contributed by atoms with E-state index in [0.717, 1.165) is 17.2 Å². The number of benzene rings is 1. The van der Waals surface area contributed by atoms with Gasteiger partial charge in [0.1, 0.15) is 0 Å². The van der Waals surface area contributed by atoms with Gasteiger partial charge in [-0.05, 0) is 25.0 Å². The van der Waals surface area contributed by atoms with Crippen molar-refractivity contribution in [3.05, 3.63) is 29.3 Å². The van der Waals surface area contributed by atoms with Crippen molar-refractivity contribution in [3.63, 3.8) is 0 Å². The van der Waals surface area contributed by atoms with E-state index in [1.165, 1.54) is 11.1 Å². The Morgan fingerprint density at radius 1 is 1.42 bits per heavy atom. The van der Waals surface area contributed by atoms with E-state index >= 15 is 0 Å². The zero-order valence-electron chi connectivity index (χ0n) is 7.83. The average molecular weight is 165 g/mol. The molecule has 0 unspecified atom stereocenters. The predicted molar refractivity (Wildman–Crippen MR) is 50.7 cm³/mol. The van der Waals surface area contributed by atoms with E-state index in [1.54, 1.807) is 7.05 Å². The monoisotopic (exact) mass is 165 g/mol. The van der Waals surface area contributed by atoms with Gasteiger partial charge in [-0.1, -0.05) is 24.6 Å². The molecule has 0 aliphatic heterocycles. The van der Waals surface area contributed by atoms with E-state index in [0.29, 0.717) is 0 Å². The highest BCUT2D eigenvalue weighted by Crippen LogP contribution is 2.19. The number of hydrogen-bond donors (Lipinski definition) is 1. The summed E-state index contributed by atoms with van der Waals surface area (Å²) in [5, 5.41) is 10.4. The average Bonchev–Trinajstić information content (AvgIpc) is 2.03. The fourth-order valence-corrected chi connectivity index (χ4v) is 1.31. The summed E-state index contributed by atoms with van der Waals surface area (Å²) in [6.07, 6.45) is 0.946. The molecule has 0 saturated heterocycles. The van der Waals surface area contributed by atoms with Gasteiger partial charge < -0.3 is 0 Å². The summed E-state index contributed by atoms with van der Waals surface area (Å²) in [5.41, 5.74) is 3.31. The summed E-state index contributed by atoms with van der Waals surface area (Å²) >= 11 is 0. The second kappa shape index (κ2) is 3.59. The van der Waals surface area contributed by atoms with Crippen LogP contribution < -0.4 is 5.06 Å². The van der Waals surface area contributed by atoms with Gasteiger partial charge in [0.05, 0.1) is 5.69 Å². The van der Waals surface area contributed by atoms with Crippen LogP contribution in [-0.2, 0) is 6.42 Å². The molecule has 1 aromatic carbocycles. The first-order chi connectivity index (χ1) is 5.65. The molecular formula is C10H15NO. The number of nitrogens with zero attached hydrogens (tertiary/aromatic N) is 1. The van der Waals surface area contributed by atoms with Crippen molar-refractivity contribution in [1.29, 1.82) is 0 Å². The zero-order chi connectivity index (χ0) is 9.14. The molecule has 0 saturated carbocycles. The quantitative estimate of drug-likeness (QED) is 0.680. The molecule has 66 valence electrons. The number of aryl methyl sites for hydroxylation is 2. The highest BCUT2D eigenvalue weighted by atomic mass is 16.5. The lowest BCUT2D eigenvalue weighted by Gasteiger charge is -2.14. The van der Waals surface area contributed by atoms with E-state index in [2.05, 4.69) is 19.9 Å². The third-order valence-electron chi connectivity index (χ3n) is 1.96. The Kier molecular flexibility index (Phi) is 2.71. The lowest BCUT2D eigenvalue weighted by atomic mass is 10.1. The van der Waals surface area contributed by atoms with Crippen LogP contribution in [-0.4, -0.2) is 12.3 Å². The molecule has 0 radical (unpaired) electrons. The zero-order valence-corrected chi connectivity index (χ0v) is 7.83. The molecular weight excluding hydrogens is 150 g/mol. The lowest BCUT2D eigenvalue weighted by molar-refractivity contribution is 0.278. The van der Waals surface area contributed by atoms with Crippen LogP contribution in [0.25, 0.3) is 0 Å². The van der Waals surface area contributed by atoms with Gasteiger partial charge in [0.2, 0.25) is 0 Å². The first-order valence-corrected chi connectivity index (χ1v) is 4.17. The highest BCUT2D eigenvalue weighted by molar-refractivity contribution is 5.52. The fraction of sp³-hybridized carbons (Fsp3) is 0.400. The van der Waals surface area contributed by atoms with Crippen LogP contribution >= 0.6 is 0 Å². The molecule has 1 N–H and O–H groups in total. The van der Waals surface area contributed by atoms with Crippen LogP contribution in [0.2, 0.25) is 0 Å². The van der Waals surface area contributed by atoms with Crippen molar-refractivity contribution in [2.75, 3.05) is 12.1 Å². The first-order valence-electron chi connectivity index (χ1n) is 4.17. The Hall–Kier alpha value is -1.02. The minimum Gasteiger partial charge on any atom is -0.289 e. The van der Waals surface area contributed by atoms with E-state index in [9.17, 15) is 5.21 Å². The van der Waals surface area contributed by atoms with Crippen molar-refractivity contribution in [1.82, 2.24) is 0 Å². The van der Waals surface area contributed by atoms with Crippen molar-refractivity contribution in [2.24, 2.45) is 0 Å². The van der Waals surface area contributed by atoms with Crippen molar-refractivity contribution >= 4 is 5.69 Å². The Morgan fingerprint density at radius 3 is 2.58 bits per heavy atom. The predicted octanol–water partition coefficient (Wildman–Crippen LogP) is 2.38. The van der Waals surface area contributed by atoms with E-state index < -0.39 is 0 Å². The third-order valence-corrected chi connectivity index (χ3v) is 1.96. The van der Waals surface area contributed by atoms with Gasteiger partial charge in [0.15, 0.2) is 0 Å². The smallest absolute Gasteiger partial charge is 0.0662 e. The molecule has 0 amide bonds. The minimum atomic E-state index is 0.892. The van der Waals surface area contributed by atoms with Crippen LogP contribution in [0.1, 0.15) is 18.1 Å². The summed E-state index contributed by atoms with van der Waals surface area (Å²) in [6, 6.07) is 6.04. The fourth-order valence-electron chi connectivity index (χ4n) is 1.31. The molecule has 2 heteroatoms. The van der Waals surface area contributed by atoms with Crippen molar-refractivity contribution < 1.29 is 5.21 Å². The van der Waals surface area contributed by atoms with E-state index in [4.69, 9.17) is 0 Å². The molecule has 0 atom stereocenters. The summed E-state index contributed by atoms with van der Waals surface area (Å²) in [7, 11) is 1.64. The van der Waals surface area contributed by atoms with Gasteiger partial charge in [0.25, 0.3) is 0 Å². The summed E-state index contributed by atoms with van der Waals surface area (Å²) in [4.78, 5) is 0. The Balaban J connectivity index is 3.11. The van der Waals surface area contributed by atoms with Crippen molar-refractivity contribution in [3.8, 4) is 0 Å². The second-order valence-electron chi connectivity index (χ2n) is 3.01. The van der Waals surface area contributed by atoms with Gasteiger partial charge in [0, 0.05) is 7.05 Å². The second-order valence-corrected chi connectivity index (χ2v) is 3.01. The molecule has 0 bridgehead atoms. The number of anilines is 1. The number of rotatable bonds is 2. The molecule has 0 aliphatic rings. The van der Waals surface area contributed by atoms with Gasteiger partial charge in [-0.2, -0.15) is 0 Å². The highest BCUT2D eigenvalue weighted by Gasteiger charge is 2.02. The maximum Gasteiger partial charge on any atom is 0.0662 e. The van der Waals surface area contributed by atoms with Crippen LogP contribution in [0.4, 0.5) is 5.69 Å². The topological polar surface area (TPSA) is 23.5 Å². The van der Waals surface area contributed by atoms with Crippen LogP contribution in [0, 0.1) is 6.92 Å². The van der Waals surface area contributed by atoms with E-state index in [1.807, 2.05) is 12.1 Å². The van der Waals surface area contributed by atoms with Gasteiger partial charge >= 0.3 is 0 Å². The molecule has 0 heterocycles. The normalized spacial score (nSPS) is 10.0. The molecule has 1 aromatic rings. The molecule has 0 aromatic heterocycles. The number of hydrogen-bond acceptors (Lipinski definition) is 2. The Bertz CT molecular complexity index is 269. The Morgan fingerprint density at radius 2 is 2.08 bits per heavy atom. The standard InChI is InChI=1S/C10H15NO/c1-4-9-7-8(2)5-6-10(9)11(3)12/h5-7,12H,4H2,1-3H3. The SMILES string of the molecule is CCc1cc(C)ccc1N(C)O. The van der Waals surface area contributed by atoms with Gasteiger partial charge in [-0.15, -0.1) is 0 Å². The number of hydroxylamine groups is 1.